The van der Waals surface area contributed by atoms with E-state index >= 15 is 0 Å². The fraction of sp³-hybridized carbons (Fsp3) is 0.300. The van der Waals surface area contributed by atoms with Gasteiger partial charge in [-0.2, -0.15) is 0 Å². The quantitative estimate of drug-likeness (QED) is 0.555. The number of likely N-dealkylation sites (tertiary alicyclic amines) is 1. The van der Waals surface area contributed by atoms with Crippen LogP contribution in [-0.4, -0.2) is 28.4 Å². The summed E-state index contributed by atoms with van der Waals surface area (Å²) in [5.41, 5.74) is 2.47. The highest BCUT2D eigenvalue weighted by molar-refractivity contribution is 6.38. The number of rotatable bonds is 2. The van der Waals surface area contributed by atoms with E-state index in [0.717, 1.165) is 24.9 Å². The SMILES string of the molecule is CC1CCCCN1C(=O)c1cccc(-c2nc3cc(Cl)cc(Cl)c3o2)c1. The number of amides is 1. The van der Waals surface area contributed by atoms with Crippen molar-refractivity contribution in [3.63, 3.8) is 0 Å². The largest absolute Gasteiger partial charge is 0.435 e. The zero-order valence-corrected chi connectivity index (χ0v) is 15.8. The lowest BCUT2D eigenvalue weighted by atomic mass is 10.0. The molecule has 4 nitrogen and oxygen atoms in total. The van der Waals surface area contributed by atoms with Crippen LogP contribution in [0, 0.1) is 0 Å². The highest BCUT2D eigenvalue weighted by Crippen LogP contribution is 2.32. The van der Waals surface area contributed by atoms with E-state index in [1.54, 1.807) is 12.1 Å². The van der Waals surface area contributed by atoms with Crippen LogP contribution in [0.2, 0.25) is 10.0 Å². The molecule has 1 unspecified atom stereocenters. The first-order valence-corrected chi connectivity index (χ1v) is 9.45. The van der Waals surface area contributed by atoms with Gasteiger partial charge in [-0.3, -0.25) is 4.79 Å². The first kappa shape index (κ1) is 17.4. The molecular weight excluding hydrogens is 371 g/mol. The molecule has 1 amide bonds. The molecule has 26 heavy (non-hydrogen) atoms. The summed E-state index contributed by atoms with van der Waals surface area (Å²) in [6.07, 6.45) is 3.28. The Hall–Kier alpha value is -2.04. The standard InChI is InChI=1S/C20H18Cl2N2O2/c1-12-5-2-3-8-24(12)20(25)14-7-4-6-13(9-14)19-23-17-11-15(21)10-16(22)18(17)26-19/h4,6-7,9-12H,2-3,5,8H2,1H3. The zero-order valence-electron chi connectivity index (χ0n) is 14.3. The van der Waals surface area contributed by atoms with Gasteiger partial charge in [-0.1, -0.05) is 29.3 Å². The molecule has 1 aromatic heterocycles. The molecule has 0 N–H and O–H groups in total. The summed E-state index contributed by atoms with van der Waals surface area (Å²) < 4.78 is 5.81. The van der Waals surface area contributed by atoms with Gasteiger partial charge in [-0.15, -0.1) is 0 Å². The van der Waals surface area contributed by atoms with Gasteiger partial charge in [0.1, 0.15) is 5.52 Å². The molecule has 0 radical (unpaired) electrons. The van der Waals surface area contributed by atoms with Crippen molar-refractivity contribution in [2.24, 2.45) is 0 Å². The van der Waals surface area contributed by atoms with Gasteiger partial charge < -0.3 is 9.32 Å². The molecule has 0 bridgehead atoms. The van der Waals surface area contributed by atoms with Crippen LogP contribution in [0.15, 0.2) is 40.8 Å². The van der Waals surface area contributed by atoms with Crippen LogP contribution in [0.4, 0.5) is 0 Å². The molecule has 0 spiro atoms. The van der Waals surface area contributed by atoms with Crippen LogP contribution in [0.25, 0.3) is 22.6 Å². The van der Waals surface area contributed by atoms with Crippen molar-refractivity contribution in [2.75, 3.05) is 6.54 Å². The fourth-order valence-electron chi connectivity index (χ4n) is 3.43. The minimum atomic E-state index is 0.0521. The van der Waals surface area contributed by atoms with Crippen molar-refractivity contribution in [1.29, 1.82) is 0 Å². The van der Waals surface area contributed by atoms with E-state index in [-0.39, 0.29) is 11.9 Å². The van der Waals surface area contributed by atoms with Gasteiger partial charge in [0, 0.05) is 28.7 Å². The van der Waals surface area contributed by atoms with Crippen molar-refractivity contribution >= 4 is 40.2 Å². The lowest BCUT2D eigenvalue weighted by molar-refractivity contribution is 0.0635. The summed E-state index contributed by atoms with van der Waals surface area (Å²) in [5.74, 6) is 0.474. The molecule has 2 aromatic carbocycles. The normalized spacial score (nSPS) is 17.7. The lowest BCUT2D eigenvalue weighted by Gasteiger charge is -2.33. The van der Waals surface area contributed by atoms with Crippen LogP contribution < -0.4 is 0 Å². The van der Waals surface area contributed by atoms with Gasteiger partial charge in [0.05, 0.1) is 5.02 Å². The van der Waals surface area contributed by atoms with E-state index in [4.69, 9.17) is 27.6 Å². The molecule has 1 saturated heterocycles. The van der Waals surface area contributed by atoms with Crippen molar-refractivity contribution in [3.8, 4) is 11.5 Å². The number of carbonyl (C=O) groups is 1. The zero-order chi connectivity index (χ0) is 18.3. The number of halogens is 2. The van der Waals surface area contributed by atoms with Crippen molar-refractivity contribution in [3.05, 3.63) is 52.0 Å². The van der Waals surface area contributed by atoms with E-state index in [1.807, 2.05) is 29.2 Å². The van der Waals surface area contributed by atoms with Gasteiger partial charge in [-0.05, 0) is 56.5 Å². The van der Waals surface area contributed by atoms with Crippen molar-refractivity contribution in [1.82, 2.24) is 9.88 Å². The van der Waals surface area contributed by atoms with Crippen LogP contribution in [0.5, 0.6) is 0 Å². The fourth-order valence-corrected chi connectivity index (χ4v) is 3.96. The molecule has 1 aliphatic rings. The topological polar surface area (TPSA) is 46.3 Å². The van der Waals surface area contributed by atoms with Crippen LogP contribution in [0.3, 0.4) is 0 Å². The summed E-state index contributed by atoms with van der Waals surface area (Å²) in [6.45, 7) is 2.91. The minimum absolute atomic E-state index is 0.0521. The van der Waals surface area contributed by atoms with Crippen molar-refractivity contribution in [2.45, 2.75) is 32.2 Å². The maximum atomic E-state index is 12.9. The Labute approximate surface area is 161 Å². The van der Waals surface area contributed by atoms with E-state index in [2.05, 4.69) is 11.9 Å². The Morgan fingerprint density at radius 2 is 2.08 bits per heavy atom. The number of carbonyl (C=O) groups excluding carboxylic acids is 1. The molecule has 0 aliphatic carbocycles. The van der Waals surface area contributed by atoms with Crippen LogP contribution >= 0.6 is 23.2 Å². The predicted molar refractivity (Wildman–Crippen MR) is 104 cm³/mol. The number of hydrogen-bond donors (Lipinski definition) is 0. The van der Waals surface area contributed by atoms with Gasteiger partial charge in [0.15, 0.2) is 5.58 Å². The molecule has 1 atom stereocenters. The van der Waals surface area contributed by atoms with E-state index in [0.29, 0.717) is 32.6 Å². The number of nitrogens with zero attached hydrogens (tertiary/aromatic N) is 2. The lowest BCUT2D eigenvalue weighted by Crippen LogP contribution is -2.42. The van der Waals surface area contributed by atoms with Gasteiger partial charge in [-0.25, -0.2) is 4.98 Å². The van der Waals surface area contributed by atoms with Gasteiger partial charge >= 0.3 is 0 Å². The number of aromatic nitrogens is 1. The third-order valence-electron chi connectivity index (χ3n) is 4.83. The molecule has 134 valence electrons. The second-order valence-corrected chi connectivity index (χ2v) is 7.52. The summed E-state index contributed by atoms with van der Waals surface area (Å²) >= 11 is 12.2. The maximum Gasteiger partial charge on any atom is 0.254 e. The molecular formula is C20H18Cl2N2O2. The number of hydrogen-bond acceptors (Lipinski definition) is 3. The summed E-state index contributed by atoms with van der Waals surface area (Å²) in [4.78, 5) is 19.3. The minimum Gasteiger partial charge on any atom is -0.435 e. The molecule has 3 aromatic rings. The molecule has 1 fully saturated rings. The second kappa shape index (κ2) is 6.93. The molecule has 0 saturated carbocycles. The molecule has 1 aliphatic heterocycles. The average Bonchev–Trinajstić information content (AvgIpc) is 3.06. The summed E-state index contributed by atoms with van der Waals surface area (Å²) in [5, 5.41) is 0.922. The van der Waals surface area contributed by atoms with E-state index < -0.39 is 0 Å². The predicted octanol–water partition coefficient (Wildman–Crippen LogP) is 5.82. The Balaban J connectivity index is 1.69. The second-order valence-electron chi connectivity index (χ2n) is 6.68. The third kappa shape index (κ3) is 3.19. The molecule has 2 heterocycles. The Morgan fingerprint density at radius 3 is 2.88 bits per heavy atom. The van der Waals surface area contributed by atoms with Gasteiger partial charge in [0.25, 0.3) is 5.91 Å². The number of fused-ring (bicyclic) bond motifs is 1. The average molecular weight is 389 g/mol. The smallest absolute Gasteiger partial charge is 0.254 e. The number of piperidine rings is 1. The third-order valence-corrected chi connectivity index (χ3v) is 5.33. The van der Waals surface area contributed by atoms with Crippen molar-refractivity contribution < 1.29 is 9.21 Å². The number of benzene rings is 2. The van der Waals surface area contributed by atoms with Gasteiger partial charge in [0.2, 0.25) is 5.89 Å². The first-order valence-electron chi connectivity index (χ1n) is 8.70. The number of oxazole rings is 1. The first-order chi connectivity index (χ1) is 12.5. The highest BCUT2D eigenvalue weighted by atomic mass is 35.5. The Kier molecular flexibility index (Phi) is 4.63. The highest BCUT2D eigenvalue weighted by Gasteiger charge is 2.24. The van der Waals surface area contributed by atoms with E-state index in [1.165, 1.54) is 6.42 Å². The molecule has 4 rings (SSSR count). The Bertz CT molecular complexity index is 983. The maximum absolute atomic E-state index is 12.9. The summed E-state index contributed by atoms with van der Waals surface area (Å²) in [6, 6.07) is 11.0. The monoisotopic (exact) mass is 388 g/mol. The Morgan fingerprint density at radius 1 is 1.23 bits per heavy atom. The summed E-state index contributed by atoms with van der Waals surface area (Å²) in [7, 11) is 0. The van der Waals surface area contributed by atoms with Crippen LogP contribution in [-0.2, 0) is 0 Å². The van der Waals surface area contributed by atoms with E-state index in [9.17, 15) is 4.79 Å². The van der Waals surface area contributed by atoms with Crippen LogP contribution in [0.1, 0.15) is 36.5 Å². The molecule has 6 heteroatoms.